The van der Waals surface area contributed by atoms with Gasteiger partial charge in [-0.3, -0.25) is 0 Å². The second-order valence-electron chi connectivity index (χ2n) is 6.40. The molecule has 4 aromatic carbocycles. The lowest BCUT2D eigenvalue weighted by Gasteiger charge is -2.10. The van der Waals surface area contributed by atoms with Gasteiger partial charge < -0.3 is 0 Å². The molecule has 0 aliphatic rings. The van der Waals surface area contributed by atoms with Crippen molar-refractivity contribution >= 4 is 21.5 Å². The average Bonchev–Trinajstić information content (AvgIpc) is 2.63. The minimum atomic E-state index is -0.321. The minimum Gasteiger partial charge on any atom is -0.207 e. The number of halogens is 2. The van der Waals surface area contributed by atoms with Crippen LogP contribution in [0.25, 0.3) is 32.7 Å². The van der Waals surface area contributed by atoms with Crippen LogP contribution in [0.3, 0.4) is 0 Å². The Morgan fingerprint density at radius 3 is 2.20 bits per heavy atom. The number of rotatable bonds is 3. The molecule has 124 valence electrons. The molecule has 0 saturated carbocycles. The third-order valence-electron chi connectivity index (χ3n) is 4.71. The summed E-state index contributed by atoms with van der Waals surface area (Å²) in [7, 11) is 0. The van der Waals surface area contributed by atoms with Crippen LogP contribution in [0.1, 0.15) is 18.9 Å². The fraction of sp³-hybridized carbons (Fsp3) is 0.130. The predicted molar refractivity (Wildman–Crippen MR) is 101 cm³/mol. The Bertz CT molecular complexity index is 1060. The summed E-state index contributed by atoms with van der Waals surface area (Å²) in [6.45, 7) is 2.16. The maximum atomic E-state index is 15.1. The SMILES string of the molecule is CCCc1ccc2c(ccc3c(F)c(-c4ccc(F)cc4)ccc32)c1. The van der Waals surface area contributed by atoms with Crippen LogP contribution < -0.4 is 0 Å². The summed E-state index contributed by atoms with van der Waals surface area (Å²) in [6, 6.07) is 19.9. The zero-order valence-corrected chi connectivity index (χ0v) is 14.0. The smallest absolute Gasteiger partial charge is 0.138 e. The summed E-state index contributed by atoms with van der Waals surface area (Å²) in [5.74, 6) is -0.581. The number of benzene rings is 4. The van der Waals surface area contributed by atoms with Crippen molar-refractivity contribution in [3.63, 3.8) is 0 Å². The highest BCUT2D eigenvalue weighted by Crippen LogP contribution is 2.33. The number of aryl methyl sites for hydroxylation is 1. The van der Waals surface area contributed by atoms with Gasteiger partial charge in [0.15, 0.2) is 0 Å². The topological polar surface area (TPSA) is 0 Å². The normalized spacial score (nSPS) is 11.3. The lowest BCUT2D eigenvalue weighted by Crippen LogP contribution is -1.89. The van der Waals surface area contributed by atoms with Crippen LogP contribution in [0.4, 0.5) is 8.78 Å². The van der Waals surface area contributed by atoms with Crippen LogP contribution in [-0.2, 0) is 6.42 Å². The Hall–Kier alpha value is -2.74. The Labute approximate surface area is 145 Å². The van der Waals surface area contributed by atoms with E-state index in [2.05, 4.69) is 25.1 Å². The lowest BCUT2D eigenvalue weighted by atomic mass is 9.95. The summed E-state index contributed by atoms with van der Waals surface area (Å²) >= 11 is 0. The molecule has 0 radical (unpaired) electrons. The fourth-order valence-corrected chi connectivity index (χ4v) is 3.46. The number of hydrogen-bond acceptors (Lipinski definition) is 0. The predicted octanol–water partition coefficient (Wildman–Crippen LogP) is 6.89. The summed E-state index contributed by atoms with van der Waals surface area (Å²) in [4.78, 5) is 0. The summed E-state index contributed by atoms with van der Waals surface area (Å²) in [5, 5.41) is 3.69. The zero-order chi connectivity index (χ0) is 17.4. The molecule has 0 unspecified atom stereocenters. The van der Waals surface area contributed by atoms with E-state index in [1.54, 1.807) is 18.2 Å². The molecule has 0 atom stereocenters. The summed E-state index contributed by atoms with van der Waals surface area (Å²) < 4.78 is 28.2. The molecule has 0 aromatic heterocycles. The first-order valence-electron chi connectivity index (χ1n) is 8.57. The molecule has 0 amide bonds. The highest BCUT2D eigenvalue weighted by molar-refractivity contribution is 6.08. The fourth-order valence-electron chi connectivity index (χ4n) is 3.46. The van der Waals surface area contributed by atoms with Gasteiger partial charge in [0, 0.05) is 10.9 Å². The maximum Gasteiger partial charge on any atom is 0.138 e. The second kappa shape index (κ2) is 6.29. The van der Waals surface area contributed by atoms with Crippen LogP contribution in [0.15, 0.2) is 66.7 Å². The molecule has 4 rings (SSSR count). The Balaban J connectivity index is 1.91. The van der Waals surface area contributed by atoms with Crippen molar-refractivity contribution < 1.29 is 8.78 Å². The summed E-state index contributed by atoms with van der Waals surface area (Å²) in [6.07, 6.45) is 2.15. The van der Waals surface area contributed by atoms with E-state index in [0.717, 1.165) is 29.0 Å². The molecule has 0 spiro atoms. The highest BCUT2D eigenvalue weighted by atomic mass is 19.1. The first-order valence-corrected chi connectivity index (χ1v) is 8.57. The molecule has 0 nitrogen and oxygen atoms in total. The Morgan fingerprint density at radius 2 is 1.44 bits per heavy atom. The Kier molecular flexibility index (Phi) is 3.96. The van der Waals surface area contributed by atoms with E-state index in [0.29, 0.717) is 16.5 Å². The third-order valence-corrected chi connectivity index (χ3v) is 4.71. The summed E-state index contributed by atoms with van der Waals surface area (Å²) in [5.41, 5.74) is 2.48. The van der Waals surface area contributed by atoms with Gasteiger partial charge >= 0.3 is 0 Å². The van der Waals surface area contributed by atoms with E-state index in [4.69, 9.17) is 0 Å². The second-order valence-corrected chi connectivity index (χ2v) is 6.40. The van der Waals surface area contributed by atoms with Gasteiger partial charge in [0.05, 0.1) is 0 Å². The standard InChI is InChI=1S/C23H18F2/c1-2-3-15-4-10-19-17(14-15)7-11-22-21(19)13-12-20(23(22)25)16-5-8-18(24)9-6-16/h4-14H,2-3H2,1H3. The van der Waals surface area contributed by atoms with Crippen molar-refractivity contribution in [1.29, 1.82) is 0 Å². The van der Waals surface area contributed by atoms with Gasteiger partial charge in [-0.25, -0.2) is 8.78 Å². The molecule has 0 N–H and O–H groups in total. The van der Waals surface area contributed by atoms with Crippen LogP contribution >= 0.6 is 0 Å². The quantitative estimate of drug-likeness (QED) is 0.358. The number of fused-ring (bicyclic) bond motifs is 3. The Morgan fingerprint density at radius 1 is 0.720 bits per heavy atom. The molecule has 0 bridgehead atoms. The molecule has 25 heavy (non-hydrogen) atoms. The van der Waals surface area contributed by atoms with Gasteiger partial charge in [0.25, 0.3) is 0 Å². The molecule has 0 aliphatic carbocycles. The molecule has 0 aliphatic heterocycles. The molecule has 0 saturated heterocycles. The molecule has 0 fully saturated rings. The molecular formula is C23H18F2. The highest BCUT2D eigenvalue weighted by Gasteiger charge is 2.11. The van der Waals surface area contributed by atoms with Crippen LogP contribution in [0, 0.1) is 11.6 Å². The van der Waals surface area contributed by atoms with Gasteiger partial charge in [0.2, 0.25) is 0 Å². The van der Waals surface area contributed by atoms with E-state index < -0.39 is 0 Å². The van der Waals surface area contributed by atoms with E-state index in [9.17, 15) is 4.39 Å². The molecule has 2 heteroatoms. The largest absolute Gasteiger partial charge is 0.207 e. The van der Waals surface area contributed by atoms with Crippen molar-refractivity contribution in [2.24, 2.45) is 0 Å². The minimum absolute atomic E-state index is 0.261. The average molecular weight is 332 g/mol. The van der Waals surface area contributed by atoms with E-state index >= 15 is 4.39 Å². The van der Waals surface area contributed by atoms with Crippen LogP contribution in [0.5, 0.6) is 0 Å². The number of hydrogen-bond donors (Lipinski definition) is 0. The first-order chi connectivity index (χ1) is 12.2. The van der Waals surface area contributed by atoms with Crippen molar-refractivity contribution in [1.82, 2.24) is 0 Å². The van der Waals surface area contributed by atoms with Gasteiger partial charge in [-0.05, 0) is 45.8 Å². The zero-order valence-electron chi connectivity index (χ0n) is 14.0. The molecule has 0 heterocycles. The van der Waals surface area contributed by atoms with Gasteiger partial charge in [-0.2, -0.15) is 0 Å². The first kappa shape index (κ1) is 15.8. The van der Waals surface area contributed by atoms with E-state index in [1.807, 2.05) is 18.2 Å². The van der Waals surface area contributed by atoms with Crippen molar-refractivity contribution in [2.45, 2.75) is 19.8 Å². The van der Waals surface area contributed by atoms with Gasteiger partial charge in [-0.1, -0.05) is 67.9 Å². The van der Waals surface area contributed by atoms with Crippen LogP contribution in [0.2, 0.25) is 0 Å². The monoisotopic (exact) mass is 332 g/mol. The van der Waals surface area contributed by atoms with Crippen molar-refractivity contribution in [3.8, 4) is 11.1 Å². The van der Waals surface area contributed by atoms with Gasteiger partial charge in [-0.15, -0.1) is 0 Å². The van der Waals surface area contributed by atoms with Crippen LogP contribution in [-0.4, -0.2) is 0 Å². The van der Waals surface area contributed by atoms with E-state index in [-0.39, 0.29) is 11.6 Å². The van der Waals surface area contributed by atoms with Gasteiger partial charge in [0.1, 0.15) is 11.6 Å². The molecular weight excluding hydrogens is 314 g/mol. The third kappa shape index (κ3) is 2.78. The van der Waals surface area contributed by atoms with Crippen molar-refractivity contribution in [2.75, 3.05) is 0 Å². The van der Waals surface area contributed by atoms with E-state index in [1.165, 1.54) is 17.7 Å². The maximum absolute atomic E-state index is 15.1. The molecule has 4 aromatic rings. The van der Waals surface area contributed by atoms with Crippen molar-refractivity contribution in [3.05, 3.63) is 83.9 Å². The lowest BCUT2D eigenvalue weighted by molar-refractivity contribution is 0.627.